The summed E-state index contributed by atoms with van der Waals surface area (Å²) in [7, 11) is 2.09. The summed E-state index contributed by atoms with van der Waals surface area (Å²) in [6.45, 7) is 7.47. The molecule has 2 heteroatoms. The van der Waals surface area contributed by atoms with Crippen LogP contribution in [0.1, 0.15) is 40.0 Å². The van der Waals surface area contributed by atoms with Gasteiger partial charge in [0.05, 0.1) is 0 Å². The van der Waals surface area contributed by atoms with Crippen molar-refractivity contribution in [1.29, 1.82) is 0 Å². The van der Waals surface area contributed by atoms with Crippen LogP contribution in [-0.4, -0.2) is 24.3 Å². The average Bonchev–Trinajstić information content (AvgIpc) is 2.14. The van der Waals surface area contributed by atoms with Crippen molar-refractivity contribution in [1.82, 2.24) is 4.90 Å². The number of aliphatic imine (C=N–C) groups is 1. The monoisotopic (exact) mass is 182 g/mol. The van der Waals surface area contributed by atoms with Gasteiger partial charge in [-0.25, -0.2) is 4.99 Å². The lowest BCUT2D eigenvalue weighted by molar-refractivity contribution is 0.482. The van der Waals surface area contributed by atoms with Gasteiger partial charge in [-0.1, -0.05) is 26.3 Å². The molecule has 0 N–H and O–H groups in total. The fraction of sp³-hybridized carbons (Fsp3) is 0.727. The minimum Gasteiger partial charge on any atom is -0.363 e. The zero-order valence-corrected chi connectivity index (χ0v) is 9.38. The highest BCUT2D eigenvalue weighted by molar-refractivity contribution is 5.79. The van der Waals surface area contributed by atoms with Crippen molar-refractivity contribution in [2.45, 2.75) is 40.0 Å². The van der Waals surface area contributed by atoms with E-state index in [1.165, 1.54) is 12.8 Å². The van der Waals surface area contributed by atoms with Gasteiger partial charge in [0.25, 0.3) is 0 Å². The summed E-state index contributed by atoms with van der Waals surface area (Å²) in [6, 6.07) is 0. The van der Waals surface area contributed by atoms with E-state index < -0.39 is 0 Å². The second-order valence-corrected chi connectivity index (χ2v) is 3.24. The first-order valence-corrected chi connectivity index (χ1v) is 5.12. The number of amidine groups is 1. The van der Waals surface area contributed by atoms with Gasteiger partial charge in [0.15, 0.2) is 0 Å². The van der Waals surface area contributed by atoms with Crippen molar-refractivity contribution in [2.75, 3.05) is 13.6 Å². The third kappa shape index (κ3) is 6.38. The third-order valence-electron chi connectivity index (χ3n) is 2.00. The molecule has 0 radical (unpaired) electrons. The van der Waals surface area contributed by atoms with Crippen LogP contribution >= 0.6 is 0 Å². The van der Waals surface area contributed by atoms with E-state index in [4.69, 9.17) is 0 Å². The molecule has 0 bridgehead atoms. The van der Waals surface area contributed by atoms with Crippen molar-refractivity contribution in [3.05, 3.63) is 12.3 Å². The van der Waals surface area contributed by atoms with Crippen LogP contribution in [-0.2, 0) is 0 Å². The first kappa shape index (κ1) is 12.2. The van der Waals surface area contributed by atoms with E-state index in [2.05, 4.69) is 43.8 Å². The second-order valence-electron chi connectivity index (χ2n) is 3.24. The van der Waals surface area contributed by atoms with Crippen LogP contribution in [0.4, 0.5) is 0 Å². The summed E-state index contributed by atoms with van der Waals surface area (Å²) in [6.07, 6.45) is 7.48. The van der Waals surface area contributed by atoms with E-state index in [9.17, 15) is 0 Å². The van der Waals surface area contributed by atoms with E-state index in [-0.39, 0.29) is 0 Å². The molecule has 0 aliphatic carbocycles. The summed E-state index contributed by atoms with van der Waals surface area (Å²) in [5.41, 5.74) is 0. The first-order chi connectivity index (χ1) is 6.22. The Hall–Kier alpha value is -0.790. The Bertz CT molecular complexity index is 171. The molecule has 76 valence electrons. The van der Waals surface area contributed by atoms with Gasteiger partial charge in [0.1, 0.15) is 5.84 Å². The van der Waals surface area contributed by atoms with E-state index in [1.807, 2.05) is 6.20 Å². The Kier molecular flexibility index (Phi) is 7.36. The van der Waals surface area contributed by atoms with Crippen molar-refractivity contribution in [3.8, 4) is 0 Å². The quantitative estimate of drug-likeness (QED) is 0.471. The molecule has 0 fully saturated rings. The Balaban J connectivity index is 3.85. The lowest BCUT2D eigenvalue weighted by Gasteiger charge is -2.17. The normalized spacial score (nSPS) is 12.5. The maximum Gasteiger partial charge on any atom is 0.101 e. The summed E-state index contributed by atoms with van der Waals surface area (Å²) in [4.78, 5) is 6.53. The molecule has 0 heterocycles. The summed E-state index contributed by atoms with van der Waals surface area (Å²) >= 11 is 0. The van der Waals surface area contributed by atoms with Crippen molar-refractivity contribution in [2.24, 2.45) is 4.99 Å². The van der Waals surface area contributed by atoms with Gasteiger partial charge in [0.2, 0.25) is 0 Å². The zero-order chi connectivity index (χ0) is 10.1. The van der Waals surface area contributed by atoms with Crippen LogP contribution in [0.15, 0.2) is 17.3 Å². The fourth-order valence-corrected chi connectivity index (χ4v) is 0.922. The maximum absolute atomic E-state index is 4.33. The Labute approximate surface area is 82.4 Å². The van der Waals surface area contributed by atoms with Crippen LogP contribution in [0.25, 0.3) is 0 Å². The van der Waals surface area contributed by atoms with Gasteiger partial charge in [-0.15, -0.1) is 0 Å². The number of rotatable bonds is 5. The molecule has 0 saturated carbocycles. The zero-order valence-electron chi connectivity index (χ0n) is 9.38. The molecule has 0 rings (SSSR count). The number of allylic oxidation sites excluding steroid dienone is 1. The highest BCUT2D eigenvalue weighted by atomic mass is 15.1. The molecule has 0 aliphatic heterocycles. The van der Waals surface area contributed by atoms with Crippen LogP contribution in [0, 0.1) is 0 Å². The van der Waals surface area contributed by atoms with Crippen molar-refractivity contribution in [3.63, 3.8) is 0 Å². The molecule has 0 aliphatic rings. The molecule has 0 atom stereocenters. The van der Waals surface area contributed by atoms with Crippen molar-refractivity contribution < 1.29 is 0 Å². The van der Waals surface area contributed by atoms with Gasteiger partial charge in [0, 0.05) is 19.8 Å². The van der Waals surface area contributed by atoms with E-state index in [1.54, 1.807) is 0 Å². The number of nitrogens with zero attached hydrogens (tertiary/aromatic N) is 2. The van der Waals surface area contributed by atoms with E-state index in [0.717, 1.165) is 18.8 Å². The second kappa shape index (κ2) is 7.84. The summed E-state index contributed by atoms with van der Waals surface area (Å²) in [5.74, 6) is 1.10. The smallest absolute Gasteiger partial charge is 0.101 e. The molecule has 0 aromatic carbocycles. The Morgan fingerprint density at radius 3 is 2.62 bits per heavy atom. The van der Waals surface area contributed by atoms with Gasteiger partial charge in [-0.2, -0.15) is 0 Å². The Morgan fingerprint density at radius 1 is 1.38 bits per heavy atom. The van der Waals surface area contributed by atoms with Gasteiger partial charge >= 0.3 is 0 Å². The number of unbranched alkanes of at least 4 members (excludes halogenated alkanes) is 1. The molecule has 0 spiro atoms. The Morgan fingerprint density at radius 2 is 2.08 bits per heavy atom. The molecule has 13 heavy (non-hydrogen) atoms. The number of hydrogen-bond acceptors (Lipinski definition) is 1. The highest BCUT2D eigenvalue weighted by Crippen LogP contribution is 1.94. The third-order valence-corrected chi connectivity index (χ3v) is 2.00. The number of hydrogen-bond donors (Lipinski definition) is 0. The summed E-state index contributed by atoms with van der Waals surface area (Å²) in [5, 5.41) is 0. The standard InChI is InChI=1S/C11H22N2/c1-5-7-9-12-11(3)13(4)10-8-6-2/h7,9H,5-6,8,10H2,1-4H3. The lowest BCUT2D eigenvalue weighted by Crippen LogP contribution is -2.24. The molecule has 0 aromatic heterocycles. The van der Waals surface area contributed by atoms with Gasteiger partial charge < -0.3 is 4.90 Å². The molecule has 2 nitrogen and oxygen atoms in total. The SMILES string of the molecule is CCC=CN=C(C)N(C)CCCC. The average molecular weight is 182 g/mol. The highest BCUT2D eigenvalue weighted by Gasteiger charge is 1.96. The van der Waals surface area contributed by atoms with E-state index in [0.29, 0.717) is 0 Å². The van der Waals surface area contributed by atoms with Crippen LogP contribution in [0.3, 0.4) is 0 Å². The van der Waals surface area contributed by atoms with Crippen LogP contribution in [0.2, 0.25) is 0 Å². The van der Waals surface area contributed by atoms with Crippen molar-refractivity contribution >= 4 is 5.84 Å². The molecular formula is C11H22N2. The largest absolute Gasteiger partial charge is 0.363 e. The fourth-order valence-electron chi connectivity index (χ4n) is 0.922. The van der Waals surface area contributed by atoms with Crippen LogP contribution < -0.4 is 0 Å². The molecule has 0 amide bonds. The predicted molar refractivity (Wildman–Crippen MR) is 60.1 cm³/mol. The lowest BCUT2D eigenvalue weighted by atomic mass is 10.3. The molecule has 0 saturated heterocycles. The van der Waals surface area contributed by atoms with Crippen LogP contribution in [0.5, 0.6) is 0 Å². The topological polar surface area (TPSA) is 15.6 Å². The maximum atomic E-state index is 4.33. The predicted octanol–water partition coefficient (Wildman–Crippen LogP) is 3.06. The van der Waals surface area contributed by atoms with Gasteiger partial charge in [-0.3, -0.25) is 0 Å². The molecule has 0 unspecified atom stereocenters. The van der Waals surface area contributed by atoms with Gasteiger partial charge in [-0.05, 0) is 19.8 Å². The minimum absolute atomic E-state index is 1.05. The van der Waals surface area contributed by atoms with E-state index >= 15 is 0 Å². The molecular weight excluding hydrogens is 160 g/mol. The summed E-state index contributed by atoms with van der Waals surface area (Å²) < 4.78 is 0. The minimum atomic E-state index is 1.05. The first-order valence-electron chi connectivity index (χ1n) is 5.12. The molecule has 0 aromatic rings.